The van der Waals surface area contributed by atoms with Crippen LogP contribution in [0, 0.1) is 5.92 Å². The summed E-state index contributed by atoms with van der Waals surface area (Å²) in [7, 11) is 1.59. The monoisotopic (exact) mass is 297 g/mol. The quantitative estimate of drug-likeness (QED) is 0.609. The van der Waals surface area contributed by atoms with Crippen LogP contribution in [0.25, 0.3) is 0 Å². The maximum Gasteiger partial charge on any atom is 0.161 e. The zero-order valence-electron chi connectivity index (χ0n) is 13.1. The minimum Gasteiger partial charge on any atom is -0.493 e. The van der Waals surface area contributed by atoms with Gasteiger partial charge in [-0.15, -0.1) is 0 Å². The largest absolute Gasteiger partial charge is 0.493 e. The number of rotatable bonds is 10. The van der Waals surface area contributed by atoms with Gasteiger partial charge in [0, 0.05) is 19.2 Å². The first-order valence-electron chi connectivity index (χ1n) is 7.36. The molecule has 1 aromatic carbocycles. The van der Waals surface area contributed by atoms with Crippen molar-refractivity contribution < 1.29 is 19.7 Å². The van der Waals surface area contributed by atoms with E-state index in [9.17, 15) is 5.11 Å². The van der Waals surface area contributed by atoms with Crippen molar-refractivity contribution in [2.45, 2.75) is 32.4 Å². The summed E-state index contributed by atoms with van der Waals surface area (Å²) in [6.45, 7) is 4.94. The van der Waals surface area contributed by atoms with E-state index in [1.807, 2.05) is 24.3 Å². The summed E-state index contributed by atoms with van der Waals surface area (Å²) in [5.74, 6) is 1.67. The Morgan fingerprint density at radius 2 is 1.86 bits per heavy atom. The summed E-state index contributed by atoms with van der Waals surface area (Å²) in [6.07, 6.45) is 0.0625. The number of ether oxygens (including phenoxy) is 2. The number of aliphatic hydroxyl groups is 2. The standard InChI is InChI=1S/C16H27NO4/c1-12(2)14(8-9-18)17-10-13(19)11-21-16-7-5-4-6-15(16)20-3/h4-7,12-14,17-19H,8-11H2,1-3H3. The van der Waals surface area contributed by atoms with Crippen LogP contribution in [0.5, 0.6) is 11.5 Å². The van der Waals surface area contributed by atoms with Crippen LogP contribution >= 0.6 is 0 Å². The maximum absolute atomic E-state index is 9.98. The van der Waals surface area contributed by atoms with E-state index in [0.29, 0.717) is 30.4 Å². The van der Waals surface area contributed by atoms with Gasteiger partial charge in [-0.3, -0.25) is 0 Å². The minimum atomic E-state index is -0.616. The normalized spacial score (nSPS) is 14.0. The third-order valence-electron chi connectivity index (χ3n) is 3.36. The molecule has 0 aromatic heterocycles. The molecule has 0 spiro atoms. The summed E-state index contributed by atoms with van der Waals surface area (Å²) in [5.41, 5.74) is 0. The summed E-state index contributed by atoms with van der Waals surface area (Å²) in [5, 5.41) is 22.3. The van der Waals surface area contributed by atoms with Crippen LogP contribution in [-0.4, -0.2) is 49.2 Å². The van der Waals surface area contributed by atoms with Crippen molar-refractivity contribution in [1.29, 1.82) is 0 Å². The van der Waals surface area contributed by atoms with E-state index in [-0.39, 0.29) is 19.3 Å². The smallest absolute Gasteiger partial charge is 0.161 e. The Labute approximate surface area is 126 Å². The van der Waals surface area contributed by atoms with Crippen LogP contribution in [0.15, 0.2) is 24.3 Å². The fraction of sp³-hybridized carbons (Fsp3) is 0.625. The van der Waals surface area contributed by atoms with Crippen molar-refractivity contribution in [1.82, 2.24) is 5.32 Å². The molecule has 120 valence electrons. The molecule has 21 heavy (non-hydrogen) atoms. The lowest BCUT2D eigenvalue weighted by molar-refractivity contribution is 0.0980. The van der Waals surface area contributed by atoms with Crippen LogP contribution in [0.2, 0.25) is 0 Å². The number of hydrogen-bond acceptors (Lipinski definition) is 5. The number of benzene rings is 1. The Kier molecular flexibility index (Phi) is 8.12. The van der Waals surface area contributed by atoms with Gasteiger partial charge in [0.05, 0.1) is 7.11 Å². The molecule has 2 atom stereocenters. The lowest BCUT2D eigenvalue weighted by Crippen LogP contribution is -2.41. The Morgan fingerprint density at radius 3 is 2.43 bits per heavy atom. The molecule has 3 N–H and O–H groups in total. The second-order valence-corrected chi connectivity index (χ2v) is 5.39. The van der Waals surface area contributed by atoms with Gasteiger partial charge in [-0.2, -0.15) is 0 Å². The second-order valence-electron chi connectivity index (χ2n) is 5.39. The van der Waals surface area contributed by atoms with E-state index >= 15 is 0 Å². The van der Waals surface area contributed by atoms with Crippen molar-refractivity contribution in [3.05, 3.63) is 24.3 Å². The molecule has 0 bridgehead atoms. The maximum atomic E-state index is 9.98. The molecule has 0 aliphatic rings. The molecule has 0 fully saturated rings. The van der Waals surface area contributed by atoms with Gasteiger partial charge in [0.15, 0.2) is 11.5 Å². The number of hydrogen-bond donors (Lipinski definition) is 3. The van der Waals surface area contributed by atoms with Crippen LogP contribution in [0.4, 0.5) is 0 Å². The Hall–Kier alpha value is -1.30. The van der Waals surface area contributed by atoms with Gasteiger partial charge in [-0.25, -0.2) is 0 Å². The van der Waals surface area contributed by atoms with Gasteiger partial charge in [0.25, 0.3) is 0 Å². The van der Waals surface area contributed by atoms with Crippen molar-refractivity contribution in [3.63, 3.8) is 0 Å². The molecular weight excluding hydrogens is 270 g/mol. The van der Waals surface area contributed by atoms with Crippen LogP contribution in [0.1, 0.15) is 20.3 Å². The van der Waals surface area contributed by atoms with Gasteiger partial charge in [-0.05, 0) is 24.5 Å². The highest BCUT2D eigenvalue weighted by Gasteiger charge is 2.15. The number of aliphatic hydroxyl groups excluding tert-OH is 2. The number of para-hydroxylation sites is 2. The molecule has 0 aliphatic heterocycles. The average molecular weight is 297 g/mol. The molecule has 0 radical (unpaired) electrons. The van der Waals surface area contributed by atoms with E-state index < -0.39 is 6.10 Å². The van der Waals surface area contributed by atoms with Crippen molar-refractivity contribution >= 4 is 0 Å². The highest BCUT2D eigenvalue weighted by molar-refractivity contribution is 5.39. The first kappa shape index (κ1) is 17.8. The first-order valence-corrected chi connectivity index (χ1v) is 7.36. The first-order chi connectivity index (χ1) is 10.1. The summed E-state index contributed by atoms with van der Waals surface area (Å²) in [4.78, 5) is 0. The van der Waals surface area contributed by atoms with Crippen molar-refractivity contribution in [3.8, 4) is 11.5 Å². The van der Waals surface area contributed by atoms with E-state index in [1.54, 1.807) is 7.11 Å². The van der Waals surface area contributed by atoms with Crippen molar-refractivity contribution in [2.24, 2.45) is 5.92 Å². The molecule has 0 saturated heterocycles. The van der Waals surface area contributed by atoms with E-state index in [4.69, 9.17) is 14.6 Å². The van der Waals surface area contributed by atoms with Crippen LogP contribution in [0.3, 0.4) is 0 Å². The molecule has 0 amide bonds. The van der Waals surface area contributed by atoms with Gasteiger partial charge < -0.3 is 25.0 Å². The topological polar surface area (TPSA) is 71.0 Å². The van der Waals surface area contributed by atoms with E-state index in [2.05, 4.69) is 19.2 Å². The molecule has 2 unspecified atom stereocenters. The summed E-state index contributed by atoms with van der Waals surface area (Å²) in [6, 6.07) is 7.54. The summed E-state index contributed by atoms with van der Waals surface area (Å²) < 4.78 is 10.8. The predicted octanol–water partition coefficient (Wildman–Crippen LogP) is 1.43. The molecule has 5 nitrogen and oxygen atoms in total. The molecule has 5 heteroatoms. The van der Waals surface area contributed by atoms with Gasteiger partial charge in [0.1, 0.15) is 12.7 Å². The predicted molar refractivity (Wildman–Crippen MR) is 82.8 cm³/mol. The zero-order chi connectivity index (χ0) is 15.7. The lowest BCUT2D eigenvalue weighted by Gasteiger charge is -2.23. The number of nitrogens with one attached hydrogen (secondary N) is 1. The zero-order valence-corrected chi connectivity index (χ0v) is 13.1. The van der Waals surface area contributed by atoms with Crippen LogP contribution < -0.4 is 14.8 Å². The highest BCUT2D eigenvalue weighted by Crippen LogP contribution is 2.25. The Balaban J connectivity index is 2.38. The molecule has 1 aromatic rings. The van der Waals surface area contributed by atoms with Crippen molar-refractivity contribution in [2.75, 3.05) is 26.9 Å². The third-order valence-corrected chi connectivity index (χ3v) is 3.36. The van der Waals surface area contributed by atoms with E-state index in [0.717, 1.165) is 0 Å². The van der Waals surface area contributed by atoms with Gasteiger partial charge >= 0.3 is 0 Å². The fourth-order valence-corrected chi connectivity index (χ4v) is 2.08. The fourth-order valence-electron chi connectivity index (χ4n) is 2.08. The average Bonchev–Trinajstić information content (AvgIpc) is 2.49. The summed E-state index contributed by atoms with van der Waals surface area (Å²) >= 11 is 0. The molecule has 1 rings (SSSR count). The van der Waals surface area contributed by atoms with Gasteiger partial charge in [-0.1, -0.05) is 26.0 Å². The van der Waals surface area contributed by atoms with Crippen LogP contribution in [-0.2, 0) is 0 Å². The molecule has 0 heterocycles. The third kappa shape index (κ3) is 6.33. The number of methoxy groups -OCH3 is 1. The molecular formula is C16H27NO4. The highest BCUT2D eigenvalue weighted by atomic mass is 16.5. The van der Waals surface area contributed by atoms with E-state index in [1.165, 1.54) is 0 Å². The molecule has 0 saturated carbocycles. The lowest BCUT2D eigenvalue weighted by atomic mass is 10.0. The van der Waals surface area contributed by atoms with Gasteiger partial charge in [0.2, 0.25) is 0 Å². The minimum absolute atomic E-state index is 0.143. The Morgan fingerprint density at radius 1 is 1.19 bits per heavy atom. The second kappa shape index (κ2) is 9.60. The molecule has 0 aliphatic carbocycles. The Bertz CT molecular complexity index is 398. The SMILES string of the molecule is COc1ccccc1OCC(O)CNC(CCO)C(C)C.